The van der Waals surface area contributed by atoms with Crippen molar-refractivity contribution in [3.05, 3.63) is 29.3 Å². The Hall–Kier alpha value is -0.730. The molecule has 1 aromatic carbocycles. The molecule has 1 aromatic rings. The largest absolute Gasteiger partial charge is 0.493 e. The highest BCUT2D eigenvalue weighted by Gasteiger charge is 2.12. The maximum Gasteiger partial charge on any atom is 0.122 e. The van der Waals surface area contributed by atoms with Crippen LogP contribution in [0.5, 0.6) is 5.75 Å². The molecule has 0 aromatic heterocycles. The molecule has 0 fully saturated rings. The Morgan fingerprint density at radius 3 is 2.92 bits per heavy atom. The van der Waals surface area contributed by atoms with E-state index in [2.05, 4.69) is 6.07 Å². The molecule has 0 aliphatic carbocycles. The third-order valence-corrected chi connectivity index (χ3v) is 2.24. The summed E-state index contributed by atoms with van der Waals surface area (Å²) in [5, 5.41) is 0. The lowest BCUT2D eigenvalue weighted by Crippen LogP contribution is -2.04. The van der Waals surface area contributed by atoms with Crippen molar-refractivity contribution in [2.45, 2.75) is 19.4 Å². The van der Waals surface area contributed by atoms with Crippen LogP contribution in [0.1, 0.15) is 24.1 Å². The molecule has 1 heterocycles. The van der Waals surface area contributed by atoms with E-state index in [1.165, 1.54) is 11.1 Å². The summed E-state index contributed by atoms with van der Waals surface area (Å²) in [7, 11) is 0. The molecule has 2 nitrogen and oxygen atoms in total. The van der Waals surface area contributed by atoms with Gasteiger partial charge in [0.1, 0.15) is 5.75 Å². The normalized spacial score (nSPS) is 15.5. The van der Waals surface area contributed by atoms with Crippen molar-refractivity contribution in [1.82, 2.24) is 0 Å². The fourth-order valence-corrected chi connectivity index (χ4v) is 1.49. The zero-order chi connectivity index (χ0) is 8.55. The molecule has 72 valence electrons. The lowest BCUT2D eigenvalue weighted by atomic mass is 10.0. The molecule has 2 rings (SSSR count). The summed E-state index contributed by atoms with van der Waals surface area (Å²) in [4.78, 5) is 0. The highest BCUT2D eigenvalue weighted by Crippen LogP contribution is 2.27. The minimum atomic E-state index is 0. The minimum absolute atomic E-state index is 0. The zero-order valence-corrected chi connectivity index (χ0v) is 8.43. The molecule has 1 atom stereocenters. The van der Waals surface area contributed by atoms with Gasteiger partial charge in [0.25, 0.3) is 0 Å². The van der Waals surface area contributed by atoms with Crippen molar-refractivity contribution in [2.75, 3.05) is 6.61 Å². The first-order chi connectivity index (χ1) is 5.77. The fourth-order valence-electron chi connectivity index (χ4n) is 1.49. The monoisotopic (exact) mass is 199 g/mol. The van der Waals surface area contributed by atoms with Gasteiger partial charge in [-0.05, 0) is 24.1 Å². The molecule has 1 aliphatic rings. The van der Waals surface area contributed by atoms with Crippen molar-refractivity contribution in [1.29, 1.82) is 0 Å². The number of halogens is 1. The van der Waals surface area contributed by atoms with Gasteiger partial charge >= 0.3 is 0 Å². The maximum absolute atomic E-state index is 5.77. The zero-order valence-electron chi connectivity index (χ0n) is 7.62. The number of hydrogen-bond donors (Lipinski definition) is 1. The van der Waals surface area contributed by atoms with E-state index in [1.54, 1.807) is 0 Å². The van der Waals surface area contributed by atoms with Crippen LogP contribution in [0, 0.1) is 0 Å². The first-order valence-electron chi connectivity index (χ1n) is 4.28. The van der Waals surface area contributed by atoms with Crippen LogP contribution < -0.4 is 10.5 Å². The number of rotatable bonds is 1. The fraction of sp³-hybridized carbons (Fsp3) is 0.400. The lowest BCUT2D eigenvalue weighted by molar-refractivity contribution is 0.357. The van der Waals surface area contributed by atoms with E-state index in [4.69, 9.17) is 10.5 Å². The maximum atomic E-state index is 5.77. The van der Waals surface area contributed by atoms with Gasteiger partial charge < -0.3 is 10.5 Å². The van der Waals surface area contributed by atoms with E-state index in [9.17, 15) is 0 Å². The topological polar surface area (TPSA) is 35.2 Å². The van der Waals surface area contributed by atoms with Crippen molar-refractivity contribution >= 4 is 12.4 Å². The van der Waals surface area contributed by atoms with Crippen LogP contribution in [0.25, 0.3) is 0 Å². The van der Waals surface area contributed by atoms with Crippen molar-refractivity contribution in [2.24, 2.45) is 5.73 Å². The van der Waals surface area contributed by atoms with Crippen LogP contribution in [0.2, 0.25) is 0 Å². The summed E-state index contributed by atoms with van der Waals surface area (Å²) in [5.41, 5.74) is 8.26. The van der Waals surface area contributed by atoms with Gasteiger partial charge in [-0.3, -0.25) is 0 Å². The molecule has 0 saturated heterocycles. The van der Waals surface area contributed by atoms with Crippen LogP contribution in [-0.2, 0) is 6.42 Å². The summed E-state index contributed by atoms with van der Waals surface area (Å²) in [5.74, 6) is 1.03. The van der Waals surface area contributed by atoms with E-state index >= 15 is 0 Å². The summed E-state index contributed by atoms with van der Waals surface area (Å²) in [6, 6.07) is 6.32. The van der Waals surface area contributed by atoms with Crippen molar-refractivity contribution in [3.63, 3.8) is 0 Å². The quantitative estimate of drug-likeness (QED) is 0.752. The van der Waals surface area contributed by atoms with Crippen LogP contribution in [-0.4, -0.2) is 6.61 Å². The first-order valence-corrected chi connectivity index (χ1v) is 4.28. The van der Waals surface area contributed by atoms with Gasteiger partial charge in [0.05, 0.1) is 6.61 Å². The Bertz CT molecular complexity index is 299. The molecule has 2 N–H and O–H groups in total. The Morgan fingerprint density at radius 1 is 1.46 bits per heavy atom. The lowest BCUT2D eigenvalue weighted by Gasteiger charge is -2.06. The Balaban J connectivity index is 0.000000845. The summed E-state index contributed by atoms with van der Waals surface area (Å²) >= 11 is 0. The molecule has 0 radical (unpaired) electrons. The van der Waals surface area contributed by atoms with Gasteiger partial charge in [0.2, 0.25) is 0 Å². The van der Waals surface area contributed by atoms with Crippen LogP contribution in [0.4, 0.5) is 0 Å². The van der Waals surface area contributed by atoms with E-state index in [0.29, 0.717) is 0 Å². The molecular formula is C10H14ClNO. The molecule has 0 amide bonds. The van der Waals surface area contributed by atoms with E-state index in [0.717, 1.165) is 18.8 Å². The number of benzene rings is 1. The average molecular weight is 200 g/mol. The molecule has 0 saturated carbocycles. The predicted molar refractivity (Wildman–Crippen MR) is 55.5 cm³/mol. The number of ether oxygens (including phenoxy) is 1. The van der Waals surface area contributed by atoms with E-state index in [-0.39, 0.29) is 18.4 Å². The van der Waals surface area contributed by atoms with E-state index < -0.39 is 0 Å². The van der Waals surface area contributed by atoms with Crippen LogP contribution in [0.3, 0.4) is 0 Å². The Kier molecular flexibility index (Phi) is 3.17. The summed E-state index contributed by atoms with van der Waals surface area (Å²) < 4.78 is 5.39. The molecule has 0 spiro atoms. The van der Waals surface area contributed by atoms with Crippen molar-refractivity contribution in [3.8, 4) is 5.75 Å². The second-order valence-electron chi connectivity index (χ2n) is 3.25. The van der Waals surface area contributed by atoms with Gasteiger partial charge in [-0.1, -0.05) is 12.1 Å². The van der Waals surface area contributed by atoms with Gasteiger partial charge in [0.15, 0.2) is 0 Å². The van der Waals surface area contributed by atoms with Gasteiger partial charge in [-0.2, -0.15) is 0 Å². The second-order valence-corrected chi connectivity index (χ2v) is 3.25. The number of fused-ring (bicyclic) bond motifs is 1. The molecule has 0 bridgehead atoms. The third kappa shape index (κ3) is 1.95. The second kappa shape index (κ2) is 3.99. The minimum Gasteiger partial charge on any atom is -0.493 e. The standard InChI is InChI=1S/C10H13NO.ClH/c1-7(11)8-2-3-10-9(6-8)4-5-12-10;/h2-3,6-7H,4-5,11H2,1H3;1H. The predicted octanol–water partition coefficient (Wildman–Crippen LogP) is 2.06. The third-order valence-electron chi connectivity index (χ3n) is 2.24. The average Bonchev–Trinajstić information content (AvgIpc) is 2.49. The highest BCUT2D eigenvalue weighted by atomic mass is 35.5. The molecule has 1 unspecified atom stereocenters. The smallest absolute Gasteiger partial charge is 0.122 e. The van der Waals surface area contributed by atoms with Crippen LogP contribution >= 0.6 is 12.4 Å². The van der Waals surface area contributed by atoms with Gasteiger partial charge in [0, 0.05) is 12.5 Å². The molecule has 1 aliphatic heterocycles. The highest BCUT2D eigenvalue weighted by molar-refractivity contribution is 5.85. The summed E-state index contributed by atoms with van der Waals surface area (Å²) in [6.45, 7) is 2.81. The molecular weight excluding hydrogens is 186 g/mol. The van der Waals surface area contributed by atoms with Crippen molar-refractivity contribution < 1.29 is 4.74 Å². The molecule has 3 heteroatoms. The Morgan fingerprint density at radius 2 is 2.23 bits per heavy atom. The van der Waals surface area contributed by atoms with Gasteiger partial charge in [-0.25, -0.2) is 0 Å². The van der Waals surface area contributed by atoms with Crippen LogP contribution in [0.15, 0.2) is 18.2 Å². The summed E-state index contributed by atoms with van der Waals surface area (Å²) in [6.07, 6.45) is 1.02. The van der Waals surface area contributed by atoms with E-state index in [1.807, 2.05) is 19.1 Å². The number of hydrogen-bond acceptors (Lipinski definition) is 2. The molecule has 13 heavy (non-hydrogen) atoms. The number of nitrogens with two attached hydrogens (primary N) is 1. The SMILES string of the molecule is CC(N)c1ccc2c(c1)CCO2.Cl. The first kappa shape index (κ1) is 10.4. The van der Waals surface area contributed by atoms with Gasteiger partial charge in [-0.15, -0.1) is 12.4 Å². The Labute approximate surface area is 84.5 Å².